The average molecular weight is 297 g/mol. The second-order valence-corrected chi connectivity index (χ2v) is 6.36. The summed E-state index contributed by atoms with van der Waals surface area (Å²) in [7, 11) is 0. The number of hydrogen-bond donors (Lipinski definition) is 2. The van der Waals surface area contributed by atoms with Crippen molar-refractivity contribution in [3.63, 3.8) is 0 Å². The minimum Gasteiger partial charge on any atom is -0.381 e. The first-order chi connectivity index (χ1) is 10.3. The molecule has 0 aromatic rings. The van der Waals surface area contributed by atoms with Crippen LogP contribution in [0.3, 0.4) is 0 Å². The number of carbonyl (C=O) groups is 1. The fourth-order valence-corrected chi connectivity index (χ4v) is 3.20. The molecule has 2 N–H and O–H groups in total. The summed E-state index contributed by atoms with van der Waals surface area (Å²) in [6, 6.07) is 0.494. The first-order valence-corrected chi connectivity index (χ1v) is 8.63. The van der Waals surface area contributed by atoms with Gasteiger partial charge in [0.25, 0.3) is 0 Å². The highest BCUT2D eigenvalue weighted by Crippen LogP contribution is 2.17. The number of urea groups is 1. The van der Waals surface area contributed by atoms with Crippen LogP contribution in [-0.4, -0.2) is 56.4 Å². The van der Waals surface area contributed by atoms with Crippen LogP contribution in [0.25, 0.3) is 0 Å². The molecule has 2 unspecified atom stereocenters. The molecule has 5 nitrogen and oxygen atoms in total. The number of ether oxygens (including phenoxy) is 1. The molecule has 2 heterocycles. The van der Waals surface area contributed by atoms with Crippen LogP contribution in [0, 0.1) is 5.92 Å². The third-order valence-electron chi connectivity index (χ3n) is 4.62. The molecule has 2 rings (SSSR count). The number of carbonyl (C=O) groups excluding carboxylic acids is 1. The largest absolute Gasteiger partial charge is 0.381 e. The van der Waals surface area contributed by atoms with Crippen LogP contribution < -0.4 is 10.6 Å². The molecule has 2 fully saturated rings. The number of nitrogens with one attached hydrogen (secondary N) is 2. The van der Waals surface area contributed by atoms with Crippen molar-refractivity contribution < 1.29 is 9.53 Å². The summed E-state index contributed by atoms with van der Waals surface area (Å²) < 4.78 is 5.32. The van der Waals surface area contributed by atoms with Gasteiger partial charge in [-0.3, -0.25) is 4.90 Å². The molecule has 21 heavy (non-hydrogen) atoms. The van der Waals surface area contributed by atoms with Gasteiger partial charge < -0.3 is 15.4 Å². The van der Waals surface area contributed by atoms with Crippen LogP contribution in [0.5, 0.6) is 0 Å². The molecule has 2 aliphatic rings. The number of unbranched alkanes of at least 4 members (excludes halogenated alkanes) is 1. The van der Waals surface area contributed by atoms with Crippen molar-refractivity contribution in [2.24, 2.45) is 5.92 Å². The Balaban J connectivity index is 1.63. The number of likely N-dealkylation sites (tertiary alicyclic amines) is 1. The van der Waals surface area contributed by atoms with Crippen molar-refractivity contribution in [2.75, 3.05) is 39.4 Å². The van der Waals surface area contributed by atoms with E-state index >= 15 is 0 Å². The first kappa shape index (κ1) is 16.6. The fraction of sp³-hybridized carbons (Fsp3) is 0.938. The molecule has 0 aromatic carbocycles. The van der Waals surface area contributed by atoms with Gasteiger partial charge in [-0.2, -0.15) is 0 Å². The maximum Gasteiger partial charge on any atom is 0.314 e. The Morgan fingerprint density at radius 3 is 2.86 bits per heavy atom. The van der Waals surface area contributed by atoms with Crippen molar-refractivity contribution in [1.82, 2.24) is 15.5 Å². The van der Waals surface area contributed by atoms with Gasteiger partial charge in [0.2, 0.25) is 0 Å². The van der Waals surface area contributed by atoms with Crippen molar-refractivity contribution >= 4 is 6.03 Å². The smallest absolute Gasteiger partial charge is 0.314 e. The number of amides is 2. The molecule has 5 heteroatoms. The van der Waals surface area contributed by atoms with Crippen LogP contribution in [0.15, 0.2) is 0 Å². The Morgan fingerprint density at radius 2 is 2.10 bits per heavy atom. The van der Waals surface area contributed by atoms with Crippen LogP contribution in [-0.2, 0) is 4.74 Å². The van der Waals surface area contributed by atoms with E-state index in [1.165, 1.54) is 45.2 Å². The van der Waals surface area contributed by atoms with Crippen molar-refractivity contribution in [3.05, 3.63) is 0 Å². The third-order valence-corrected chi connectivity index (χ3v) is 4.62. The number of hydrogen-bond acceptors (Lipinski definition) is 3. The molecular formula is C16H31N3O2. The van der Waals surface area contributed by atoms with Gasteiger partial charge in [-0.1, -0.05) is 19.8 Å². The van der Waals surface area contributed by atoms with Gasteiger partial charge in [0.05, 0.1) is 6.61 Å². The molecule has 2 atom stereocenters. The van der Waals surface area contributed by atoms with E-state index in [4.69, 9.17) is 4.74 Å². The first-order valence-electron chi connectivity index (χ1n) is 8.63. The van der Waals surface area contributed by atoms with Crippen molar-refractivity contribution in [1.29, 1.82) is 0 Å². The standard InChI is InChI=1S/C16H31N3O2/c1-2-3-8-19-9-5-4-6-15(19)12-18-16(20)17-11-14-7-10-21-13-14/h14-15H,2-13H2,1H3,(H2,17,18,20). The molecule has 2 aliphatic heterocycles. The highest BCUT2D eigenvalue weighted by Gasteiger charge is 2.22. The van der Waals surface area contributed by atoms with Gasteiger partial charge in [0, 0.05) is 31.7 Å². The SMILES string of the molecule is CCCCN1CCCCC1CNC(=O)NCC1CCOC1. The third kappa shape index (κ3) is 5.83. The van der Waals surface area contributed by atoms with E-state index in [2.05, 4.69) is 22.5 Å². The Hall–Kier alpha value is -0.810. The molecule has 0 spiro atoms. The topological polar surface area (TPSA) is 53.6 Å². The Labute approximate surface area is 128 Å². The average Bonchev–Trinajstić information content (AvgIpc) is 3.03. The van der Waals surface area contributed by atoms with Gasteiger partial charge in [0.1, 0.15) is 0 Å². The van der Waals surface area contributed by atoms with Crippen LogP contribution in [0.1, 0.15) is 45.4 Å². The molecule has 2 saturated heterocycles. The fourth-order valence-electron chi connectivity index (χ4n) is 3.20. The van der Waals surface area contributed by atoms with Gasteiger partial charge in [-0.05, 0) is 38.8 Å². The Bertz CT molecular complexity index is 306. The molecule has 0 radical (unpaired) electrons. The van der Waals surface area contributed by atoms with E-state index in [0.717, 1.165) is 32.7 Å². The molecule has 0 aliphatic carbocycles. The van der Waals surface area contributed by atoms with Crippen molar-refractivity contribution in [2.45, 2.75) is 51.5 Å². The lowest BCUT2D eigenvalue weighted by molar-refractivity contribution is 0.144. The Kier molecular flexibility index (Phi) is 7.30. The Morgan fingerprint density at radius 1 is 1.24 bits per heavy atom. The van der Waals surface area contributed by atoms with Gasteiger partial charge in [-0.25, -0.2) is 4.79 Å². The van der Waals surface area contributed by atoms with Crippen LogP contribution in [0.4, 0.5) is 4.79 Å². The normalized spacial score (nSPS) is 26.7. The predicted molar refractivity (Wildman–Crippen MR) is 84.4 cm³/mol. The van der Waals surface area contributed by atoms with Crippen LogP contribution in [0.2, 0.25) is 0 Å². The second kappa shape index (κ2) is 9.26. The monoisotopic (exact) mass is 297 g/mol. The van der Waals surface area contributed by atoms with Gasteiger partial charge >= 0.3 is 6.03 Å². The highest BCUT2D eigenvalue weighted by molar-refractivity contribution is 5.73. The highest BCUT2D eigenvalue weighted by atomic mass is 16.5. The summed E-state index contributed by atoms with van der Waals surface area (Å²) in [5.41, 5.74) is 0. The number of piperidine rings is 1. The lowest BCUT2D eigenvalue weighted by Gasteiger charge is -2.35. The maximum absolute atomic E-state index is 11.9. The predicted octanol–water partition coefficient (Wildman–Crippen LogP) is 1.98. The summed E-state index contributed by atoms with van der Waals surface area (Å²) in [6.07, 6.45) is 7.35. The van der Waals surface area contributed by atoms with E-state index in [-0.39, 0.29) is 6.03 Å². The van der Waals surface area contributed by atoms with E-state index in [1.54, 1.807) is 0 Å². The summed E-state index contributed by atoms with van der Waals surface area (Å²) in [5, 5.41) is 6.02. The lowest BCUT2D eigenvalue weighted by atomic mass is 10.0. The van der Waals surface area contributed by atoms with Crippen LogP contribution >= 0.6 is 0 Å². The zero-order valence-electron chi connectivity index (χ0n) is 13.4. The summed E-state index contributed by atoms with van der Waals surface area (Å²) in [6.45, 7) is 7.72. The minimum absolute atomic E-state index is 0.0251. The van der Waals surface area contributed by atoms with E-state index in [1.807, 2.05) is 0 Å². The van der Waals surface area contributed by atoms with E-state index < -0.39 is 0 Å². The van der Waals surface area contributed by atoms with Gasteiger partial charge in [0.15, 0.2) is 0 Å². The molecule has 122 valence electrons. The lowest BCUT2D eigenvalue weighted by Crippen LogP contribution is -2.49. The minimum atomic E-state index is -0.0251. The van der Waals surface area contributed by atoms with E-state index in [9.17, 15) is 4.79 Å². The summed E-state index contributed by atoms with van der Waals surface area (Å²) in [4.78, 5) is 14.4. The van der Waals surface area contributed by atoms with Gasteiger partial charge in [-0.15, -0.1) is 0 Å². The summed E-state index contributed by atoms with van der Waals surface area (Å²) >= 11 is 0. The zero-order chi connectivity index (χ0) is 14.9. The second-order valence-electron chi connectivity index (χ2n) is 6.36. The molecule has 0 bridgehead atoms. The summed E-state index contributed by atoms with van der Waals surface area (Å²) in [5.74, 6) is 0.492. The quantitative estimate of drug-likeness (QED) is 0.755. The van der Waals surface area contributed by atoms with Crippen molar-refractivity contribution in [3.8, 4) is 0 Å². The van der Waals surface area contributed by atoms with E-state index in [0.29, 0.717) is 12.0 Å². The molecule has 0 aromatic heterocycles. The molecule has 0 saturated carbocycles. The zero-order valence-corrected chi connectivity index (χ0v) is 13.4. The molecule has 2 amide bonds. The number of rotatable bonds is 7. The maximum atomic E-state index is 11.9. The molecular weight excluding hydrogens is 266 g/mol. The number of nitrogens with zero attached hydrogens (tertiary/aromatic N) is 1.